The Balaban J connectivity index is 0.00000320. The Morgan fingerprint density at radius 1 is 1.27 bits per heavy atom. The van der Waals surface area contributed by atoms with Gasteiger partial charge in [0.2, 0.25) is 5.91 Å². The summed E-state index contributed by atoms with van der Waals surface area (Å²) in [5, 5.41) is 7.02. The van der Waals surface area contributed by atoms with Crippen molar-refractivity contribution in [3.63, 3.8) is 0 Å². The third kappa shape index (κ3) is 5.98. The maximum Gasteiger partial charge on any atom is 0.230 e. The summed E-state index contributed by atoms with van der Waals surface area (Å²) < 4.78 is 0. The largest absolute Gasteiger partial charge is 0.356 e. The van der Waals surface area contributed by atoms with E-state index in [9.17, 15) is 4.79 Å². The second-order valence-corrected chi connectivity index (χ2v) is 8.66. The smallest absolute Gasteiger partial charge is 0.230 e. The lowest BCUT2D eigenvalue weighted by Gasteiger charge is -2.35. The van der Waals surface area contributed by atoms with E-state index in [-0.39, 0.29) is 35.3 Å². The Kier molecular flexibility index (Phi) is 9.18. The number of hydrogen-bond acceptors (Lipinski definition) is 4. The van der Waals surface area contributed by atoms with Crippen LogP contribution >= 0.6 is 24.0 Å². The second kappa shape index (κ2) is 11.2. The minimum Gasteiger partial charge on any atom is -0.356 e. The number of piperidine rings is 1. The average molecular weight is 528 g/mol. The van der Waals surface area contributed by atoms with Crippen molar-refractivity contribution >= 4 is 41.7 Å². The number of aryl methyl sites for hydroxylation is 1. The molecular formula is C22H37IN6O. The monoisotopic (exact) mass is 528 g/mol. The zero-order valence-corrected chi connectivity index (χ0v) is 21.1. The zero-order valence-electron chi connectivity index (χ0n) is 18.8. The van der Waals surface area contributed by atoms with Crippen LogP contribution in [0.25, 0.3) is 0 Å². The first kappa shape index (κ1) is 24.7. The SMILES string of the molecule is CN=C(NCC1(C(=O)N(C)C)CCCC1)NC1CCN(c2cccc(C)n2)CC1.I. The van der Waals surface area contributed by atoms with Gasteiger partial charge in [-0.2, -0.15) is 0 Å². The van der Waals surface area contributed by atoms with Gasteiger partial charge in [0.15, 0.2) is 5.96 Å². The standard InChI is InChI=1S/C22H36N6O.HI/c1-17-8-7-9-19(25-17)28-14-10-18(11-15-28)26-21(23-2)24-16-22(12-5-6-13-22)20(29)27(3)4;/h7-9,18H,5-6,10-16H2,1-4H3,(H2,23,24,26);1H. The van der Waals surface area contributed by atoms with Crippen LogP contribution < -0.4 is 15.5 Å². The molecule has 8 heteroatoms. The molecule has 1 amide bonds. The maximum absolute atomic E-state index is 12.8. The Labute approximate surface area is 198 Å². The van der Waals surface area contributed by atoms with E-state index in [4.69, 9.17) is 0 Å². The van der Waals surface area contributed by atoms with Crippen LogP contribution in [-0.2, 0) is 4.79 Å². The fourth-order valence-corrected chi connectivity index (χ4v) is 4.59. The molecule has 30 heavy (non-hydrogen) atoms. The van der Waals surface area contributed by atoms with Crippen molar-refractivity contribution in [2.24, 2.45) is 10.4 Å². The van der Waals surface area contributed by atoms with E-state index in [2.05, 4.69) is 37.6 Å². The summed E-state index contributed by atoms with van der Waals surface area (Å²) in [4.78, 5) is 25.9. The topological polar surface area (TPSA) is 72.9 Å². The highest BCUT2D eigenvalue weighted by Gasteiger charge is 2.42. The van der Waals surface area contributed by atoms with Gasteiger partial charge in [0.05, 0.1) is 5.41 Å². The molecule has 0 atom stereocenters. The molecule has 2 fully saturated rings. The molecule has 1 aliphatic heterocycles. The van der Waals surface area contributed by atoms with Gasteiger partial charge in [0.25, 0.3) is 0 Å². The summed E-state index contributed by atoms with van der Waals surface area (Å²) in [5.41, 5.74) is 0.766. The van der Waals surface area contributed by atoms with Crippen LogP contribution in [0.1, 0.15) is 44.2 Å². The summed E-state index contributed by atoms with van der Waals surface area (Å²) in [6, 6.07) is 6.57. The Morgan fingerprint density at radius 2 is 1.93 bits per heavy atom. The van der Waals surface area contributed by atoms with E-state index in [1.54, 1.807) is 11.9 Å². The average Bonchev–Trinajstić information content (AvgIpc) is 3.21. The number of anilines is 1. The number of halogens is 1. The molecular weight excluding hydrogens is 491 g/mol. The number of pyridine rings is 1. The molecule has 0 spiro atoms. The number of guanidine groups is 1. The van der Waals surface area contributed by atoms with Gasteiger partial charge in [-0.15, -0.1) is 24.0 Å². The number of aliphatic imine (C=N–C) groups is 1. The number of carbonyl (C=O) groups excluding carboxylic acids is 1. The number of hydrogen-bond donors (Lipinski definition) is 2. The van der Waals surface area contributed by atoms with Gasteiger partial charge in [0, 0.05) is 52.5 Å². The number of rotatable bonds is 5. The van der Waals surface area contributed by atoms with Gasteiger partial charge >= 0.3 is 0 Å². The highest BCUT2D eigenvalue weighted by atomic mass is 127. The zero-order chi connectivity index (χ0) is 20.9. The minimum absolute atomic E-state index is 0. The molecule has 168 valence electrons. The molecule has 2 N–H and O–H groups in total. The van der Waals surface area contributed by atoms with Crippen molar-refractivity contribution < 1.29 is 4.79 Å². The predicted octanol–water partition coefficient (Wildman–Crippen LogP) is 2.79. The number of aromatic nitrogens is 1. The summed E-state index contributed by atoms with van der Waals surface area (Å²) in [6.07, 6.45) is 6.24. The van der Waals surface area contributed by atoms with Crippen LogP contribution in [0.4, 0.5) is 5.82 Å². The molecule has 0 unspecified atom stereocenters. The number of nitrogens with one attached hydrogen (secondary N) is 2. The number of amides is 1. The first-order valence-electron chi connectivity index (χ1n) is 10.8. The van der Waals surface area contributed by atoms with Gasteiger partial charge in [0.1, 0.15) is 5.82 Å². The fourth-order valence-electron chi connectivity index (χ4n) is 4.59. The van der Waals surface area contributed by atoms with Crippen LogP contribution in [0, 0.1) is 12.3 Å². The molecule has 0 aromatic carbocycles. The quantitative estimate of drug-likeness (QED) is 0.350. The van der Waals surface area contributed by atoms with Crippen molar-refractivity contribution in [2.75, 3.05) is 45.7 Å². The van der Waals surface area contributed by atoms with Crippen molar-refractivity contribution in [1.29, 1.82) is 0 Å². The molecule has 7 nitrogen and oxygen atoms in total. The number of carbonyl (C=O) groups is 1. The highest BCUT2D eigenvalue weighted by Crippen LogP contribution is 2.38. The molecule has 2 aliphatic rings. The predicted molar refractivity (Wildman–Crippen MR) is 134 cm³/mol. The third-order valence-corrected chi connectivity index (χ3v) is 6.27. The molecule has 1 aromatic heterocycles. The molecule has 1 saturated carbocycles. The van der Waals surface area contributed by atoms with E-state index in [0.29, 0.717) is 12.6 Å². The fraction of sp³-hybridized carbons (Fsp3) is 0.682. The molecule has 1 aliphatic carbocycles. The molecule has 0 radical (unpaired) electrons. The summed E-state index contributed by atoms with van der Waals surface area (Å²) in [7, 11) is 5.51. The Bertz CT molecular complexity index is 724. The van der Waals surface area contributed by atoms with Crippen LogP contribution in [0.2, 0.25) is 0 Å². The van der Waals surface area contributed by atoms with Gasteiger partial charge in [-0.1, -0.05) is 18.9 Å². The lowest BCUT2D eigenvalue weighted by Crippen LogP contribution is -2.52. The van der Waals surface area contributed by atoms with Crippen molar-refractivity contribution in [2.45, 2.75) is 51.5 Å². The van der Waals surface area contributed by atoms with Crippen molar-refractivity contribution in [3.8, 4) is 0 Å². The molecule has 1 saturated heterocycles. The minimum atomic E-state index is -0.290. The Morgan fingerprint density at radius 3 is 2.50 bits per heavy atom. The molecule has 3 rings (SSSR count). The van der Waals surface area contributed by atoms with Crippen LogP contribution in [0.3, 0.4) is 0 Å². The van der Waals surface area contributed by atoms with Gasteiger partial charge in [-0.05, 0) is 44.7 Å². The van der Waals surface area contributed by atoms with Crippen LogP contribution in [0.5, 0.6) is 0 Å². The normalized spacial score (nSPS) is 19.2. The van der Waals surface area contributed by atoms with E-state index in [1.807, 2.05) is 27.1 Å². The lowest BCUT2D eigenvalue weighted by atomic mass is 9.84. The highest BCUT2D eigenvalue weighted by molar-refractivity contribution is 14.0. The Hall–Kier alpha value is -1.58. The molecule has 0 bridgehead atoms. The van der Waals surface area contributed by atoms with Crippen LogP contribution in [0.15, 0.2) is 23.2 Å². The summed E-state index contributed by atoms with van der Waals surface area (Å²) in [5.74, 6) is 2.10. The lowest BCUT2D eigenvalue weighted by molar-refractivity contribution is -0.138. The maximum atomic E-state index is 12.8. The van der Waals surface area contributed by atoms with Gasteiger partial charge in [-0.3, -0.25) is 9.79 Å². The first-order valence-corrected chi connectivity index (χ1v) is 10.8. The van der Waals surface area contributed by atoms with Gasteiger partial charge in [-0.25, -0.2) is 4.98 Å². The summed E-state index contributed by atoms with van der Waals surface area (Å²) in [6.45, 7) is 4.64. The molecule has 1 aromatic rings. The van der Waals surface area contributed by atoms with Gasteiger partial charge < -0.3 is 20.4 Å². The van der Waals surface area contributed by atoms with Crippen LogP contribution in [-0.4, -0.2) is 68.6 Å². The van der Waals surface area contributed by atoms with Crippen molar-refractivity contribution in [3.05, 3.63) is 23.9 Å². The van der Waals surface area contributed by atoms with E-state index < -0.39 is 0 Å². The van der Waals surface area contributed by atoms with E-state index >= 15 is 0 Å². The van der Waals surface area contributed by atoms with Crippen molar-refractivity contribution in [1.82, 2.24) is 20.5 Å². The first-order chi connectivity index (χ1) is 13.9. The summed E-state index contributed by atoms with van der Waals surface area (Å²) >= 11 is 0. The number of nitrogens with zero attached hydrogens (tertiary/aromatic N) is 4. The van der Waals surface area contributed by atoms with E-state index in [0.717, 1.165) is 69.1 Å². The second-order valence-electron chi connectivity index (χ2n) is 8.66. The van der Waals surface area contributed by atoms with E-state index in [1.165, 1.54) is 0 Å². The third-order valence-electron chi connectivity index (χ3n) is 6.27. The molecule has 2 heterocycles.